The molecule has 0 saturated heterocycles. The number of carbonyl (C=O) groups is 1. The molecule has 1 N–H and O–H groups in total. The van der Waals surface area contributed by atoms with Crippen LogP contribution in [-0.4, -0.2) is 29.5 Å². The molecule has 0 fully saturated rings. The fourth-order valence-electron chi connectivity index (χ4n) is 1.52. The zero-order valence-corrected chi connectivity index (χ0v) is 10.6. The number of ketones is 1. The first-order valence-electron chi connectivity index (χ1n) is 5.51. The van der Waals surface area contributed by atoms with Crippen molar-refractivity contribution in [3.05, 3.63) is 30.0 Å². The highest BCUT2D eigenvalue weighted by Crippen LogP contribution is 2.24. The topological polar surface area (TPSA) is 59.7 Å². The van der Waals surface area contributed by atoms with Gasteiger partial charge in [-0.05, 0) is 24.3 Å². The van der Waals surface area contributed by atoms with Crippen molar-refractivity contribution >= 4 is 28.4 Å². The van der Waals surface area contributed by atoms with Crippen molar-refractivity contribution in [2.75, 3.05) is 12.5 Å². The molecule has 0 amide bonds. The van der Waals surface area contributed by atoms with E-state index in [-0.39, 0.29) is 18.3 Å². The fourth-order valence-corrected chi connectivity index (χ4v) is 1.61. The van der Waals surface area contributed by atoms with E-state index < -0.39 is 6.10 Å². The predicted octanol–water partition coefficient (Wildman–Crippen LogP) is 2.61. The number of aliphatic hydroxyl groups excluding tert-OH is 1. The molecule has 0 radical (unpaired) electrons. The third kappa shape index (κ3) is 2.83. The summed E-state index contributed by atoms with van der Waals surface area (Å²) in [7, 11) is 0. The van der Waals surface area contributed by atoms with Crippen LogP contribution < -0.4 is 4.74 Å². The van der Waals surface area contributed by atoms with Crippen LogP contribution in [0.25, 0.3) is 11.0 Å². The minimum atomic E-state index is -0.695. The molecule has 2 rings (SSSR count). The average Bonchev–Trinajstić information content (AvgIpc) is 2.79. The number of benzene rings is 1. The molecule has 2 aromatic rings. The van der Waals surface area contributed by atoms with Crippen LogP contribution in [0.1, 0.15) is 17.5 Å². The molecule has 5 heteroatoms. The molecule has 1 atom stereocenters. The van der Waals surface area contributed by atoms with Gasteiger partial charge in [-0.25, -0.2) is 0 Å². The largest absolute Gasteiger partial charge is 0.491 e. The first kappa shape index (κ1) is 12.9. The number of halogens is 1. The maximum Gasteiger partial charge on any atom is 0.194 e. The van der Waals surface area contributed by atoms with Crippen LogP contribution in [0, 0.1) is 0 Å². The lowest BCUT2D eigenvalue weighted by Crippen LogP contribution is -2.18. The van der Waals surface area contributed by atoms with Crippen molar-refractivity contribution in [3.8, 4) is 5.75 Å². The molecular weight excluding hydrogens is 256 g/mol. The lowest BCUT2D eigenvalue weighted by atomic mass is 10.2. The molecular formula is C13H13ClO4. The number of rotatable bonds is 5. The van der Waals surface area contributed by atoms with Crippen molar-refractivity contribution in [2.45, 2.75) is 13.0 Å². The Morgan fingerprint density at radius 3 is 2.94 bits per heavy atom. The van der Waals surface area contributed by atoms with Crippen LogP contribution in [0.15, 0.2) is 28.7 Å². The maximum absolute atomic E-state index is 11.2. The number of furan rings is 1. The van der Waals surface area contributed by atoms with E-state index in [1.165, 1.54) is 6.92 Å². The number of carbonyl (C=O) groups excluding carboxylic acids is 1. The van der Waals surface area contributed by atoms with E-state index in [2.05, 4.69) is 0 Å². The molecule has 1 unspecified atom stereocenters. The van der Waals surface area contributed by atoms with Gasteiger partial charge in [-0.3, -0.25) is 4.79 Å². The second-order valence-corrected chi connectivity index (χ2v) is 4.29. The Bertz CT molecular complexity index is 561. The lowest BCUT2D eigenvalue weighted by molar-refractivity contribution is 0.0989. The lowest BCUT2D eigenvalue weighted by Gasteiger charge is -2.09. The second kappa shape index (κ2) is 5.42. The molecule has 4 nitrogen and oxygen atoms in total. The Morgan fingerprint density at radius 2 is 2.28 bits per heavy atom. The number of alkyl halides is 1. The number of aliphatic hydroxyl groups is 1. The van der Waals surface area contributed by atoms with Gasteiger partial charge in [0.05, 0.1) is 5.88 Å². The summed E-state index contributed by atoms with van der Waals surface area (Å²) in [6.45, 7) is 1.58. The highest BCUT2D eigenvalue weighted by atomic mass is 35.5. The summed E-state index contributed by atoms with van der Waals surface area (Å²) in [5.74, 6) is 0.930. The quantitative estimate of drug-likeness (QED) is 0.669. The fraction of sp³-hybridized carbons (Fsp3) is 0.308. The van der Waals surface area contributed by atoms with Gasteiger partial charge >= 0.3 is 0 Å². The third-order valence-corrected chi connectivity index (χ3v) is 2.81. The molecule has 0 spiro atoms. The van der Waals surface area contributed by atoms with Crippen molar-refractivity contribution < 1.29 is 19.1 Å². The van der Waals surface area contributed by atoms with Crippen molar-refractivity contribution in [1.82, 2.24) is 0 Å². The molecule has 1 aromatic carbocycles. The SMILES string of the molecule is CC(=O)c1cc2cc(OCC(O)CCl)ccc2o1. The summed E-state index contributed by atoms with van der Waals surface area (Å²) >= 11 is 5.47. The summed E-state index contributed by atoms with van der Waals surface area (Å²) in [6.07, 6.45) is -0.695. The highest BCUT2D eigenvalue weighted by molar-refractivity contribution is 6.18. The van der Waals surface area contributed by atoms with Crippen LogP contribution in [-0.2, 0) is 0 Å². The Balaban J connectivity index is 2.19. The molecule has 0 aliphatic carbocycles. The van der Waals surface area contributed by atoms with E-state index in [1.807, 2.05) is 0 Å². The Morgan fingerprint density at radius 1 is 1.50 bits per heavy atom. The minimum Gasteiger partial charge on any atom is -0.491 e. The molecule has 0 saturated carbocycles. The van der Waals surface area contributed by atoms with E-state index in [0.717, 1.165) is 5.39 Å². The van der Waals surface area contributed by atoms with Gasteiger partial charge in [0.1, 0.15) is 24.0 Å². The maximum atomic E-state index is 11.2. The van der Waals surface area contributed by atoms with Crippen molar-refractivity contribution in [1.29, 1.82) is 0 Å². The van der Waals surface area contributed by atoms with Gasteiger partial charge in [-0.2, -0.15) is 0 Å². The van der Waals surface area contributed by atoms with Crippen LogP contribution >= 0.6 is 11.6 Å². The summed E-state index contributed by atoms with van der Waals surface area (Å²) in [5.41, 5.74) is 0.630. The number of hydrogen-bond donors (Lipinski definition) is 1. The summed E-state index contributed by atoms with van der Waals surface area (Å²) in [4.78, 5) is 11.2. The highest BCUT2D eigenvalue weighted by Gasteiger charge is 2.09. The van der Waals surface area contributed by atoms with Crippen molar-refractivity contribution in [2.24, 2.45) is 0 Å². The molecule has 18 heavy (non-hydrogen) atoms. The standard InChI is InChI=1S/C13H13ClO4/c1-8(15)13-5-9-4-11(2-3-12(9)18-13)17-7-10(16)6-14/h2-5,10,16H,6-7H2,1H3. The van der Waals surface area contributed by atoms with Crippen LogP contribution in [0.2, 0.25) is 0 Å². The van der Waals surface area contributed by atoms with E-state index in [4.69, 9.17) is 20.8 Å². The second-order valence-electron chi connectivity index (χ2n) is 3.99. The monoisotopic (exact) mass is 268 g/mol. The number of Topliss-reactive ketones (excluding diaryl/α,β-unsaturated/α-hetero) is 1. The first-order chi connectivity index (χ1) is 8.60. The van der Waals surface area contributed by atoms with Gasteiger partial charge in [0.25, 0.3) is 0 Å². The zero-order chi connectivity index (χ0) is 13.1. The van der Waals surface area contributed by atoms with Gasteiger partial charge in [0, 0.05) is 12.3 Å². The number of hydrogen-bond acceptors (Lipinski definition) is 4. The van der Waals surface area contributed by atoms with E-state index in [1.54, 1.807) is 24.3 Å². The number of ether oxygens (including phenoxy) is 1. The molecule has 1 aromatic heterocycles. The minimum absolute atomic E-state index is 0.119. The Labute approximate surface area is 109 Å². The van der Waals surface area contributed by atoms with E-state index in [9.17, 15) is 9.90 Å². The smallest absolute Gasteiger partial charge is 0.194 e. The van der Waals surface area contributed by atoms with Crippen LogP contribution in [0.4, 0.5) is 0 Å². The molecule has 0 aliphatic heterocycles. The zero-order valence-electron chi connectivity index (χ0n) is 9.85. The Hall–Kier alpha value is -1.52. The van der Waals surface area contributed by atoms with Gasteiger partial charge in [-0.15, -0.1) is 11.6 Å². The van der Waals surface area contributed by atoms with Crippen molar-refractivity contribution in [3.63, 3.8) is 0 Å². The summed E-state index contributed by atoms with van der Waals surface area (Å²) in [6, 6.07) is 6.87. The average molecular weight is 269 g/mol. The molecule has 0 aliphatic rings. The molecule has 0 bridgehead atoms. The third-order valence-electron chi connectivity index (χ3n) is 2.46. The van der Waals surface area contributed by atoms with Gasteiger partial charge in [0.2, 0.25) is 0 Å². The summed E-state index contributed by atoms with van der Waals surface area (Å²) in [5, 5.41) is 10.1. The van der Waals surface area contributed by atoms with E-state index in [0.29, 0.717) is 17.1 Å². The van der Waals surface area contributed by atoms with Gasteiger partial charge in [-0.1, -0.05) is 0 Å². The Kier molecular flexibility index (Phi) is 3.89. The van der Waals surface area contributed by atoms with Crippen LogP contribution in [0.3, 0.4) is 0 Å². The normalized spacial score (nSPS) is 12.6. The summed E-state index contributed by atoms with van der Waals surface area (Å²) < 4.78 is 10.7. The first-order valence-corrected chi connectivity index (χ1v) is 6.05. The predicted molar refractivity (Wildman–Crippen MR) is 68.4 cm³/mol. The van der Waals surface area contributed by atoms with Gasteiger partial charge in [0.15, 0.2) is 11.5 Å². The molecule has 1 heterocycles. The molecule has 96 valence electrons. The van der Waals surface area contributed by atoms with E-state index >= 15 is 0 Å². The van der Waals surface area contributed by atoms with Crippen LogP contribution in [0.5, 0.6) is 5.75 Å². The number of fused-ring (bicyclic) bond motifs is 1. The van der Waals surface area contributed by atoms with Gasteiger partial charge < -0.3 is 14.3 Å².